The number of aromatic nitrogens is 2. The lowest BCUT2D eigenvalue weighted by atomic mass is 10.4. The molecule has 1 atom stereocenters. The van der Waals surface area contributed by atoms with Gasteiger partial charge in [0, 0.05) is 6.92 Å². The molecule has 0 aliphatic heterocycles. The minimum absolute atomic E-state index is 0.109. The van der Waals surface area contributed by atoms with Crippen LogP contribution in [0.2, 0.25) is 0 Å². The summed E-state index contributed by atoms with van der Waals surface area (Å²) in [5.41, 5.74) is -0.439. The Labute approximate surface area is 104 Å². The average Bonchev–Trinajstić information content (AvgIpc) is 2.64. The van der Waals surface area contributed by atoms with Gasteiger partial charge in [0.1, 0.15) is 11.3 Å². The standard InChI is InChI=1S/C10H13ClN4O2/c1-4-5-8(12-6(2)11)13-9(16)10-15-14-7(3)17-10/h4-6H,1-3H3,(H,12,13,16)/b5-4-. The van der Waals surface area contributed by atoms with Crippen molar-refractivity contribution in [2.75, 3.05) is 0 Å². The number of amidine groups is 1. The van der Waals surface area contributed by atoms with Gasteiger partial charge in [0.15, 0.2) is 0 Å². The normalized spacial score (nSPS) is 14.0. The Kier molecular flexibility index (Phi) is 4.84. The summed E-state index contributed by atoms with van der Waals surface area (Å²) in [4.78, 5) is 15.7. The Morgan fingerprint density at radius 3 is 2.76 bits per heavy atom. The van der Waals surface area contributed by atoms with Crippen LogP contribution in [0.5, 0.6) is 0 Å². The van der Waals surface area contributed by atoms with E-state index in [0.29, 0.717) is 11.7 Å². The second-order valence-corrected chi connectivity index (χ2v) is 3.80. The molecule has 0 fully saturated rings. The quantitative estimate of drug-likeness (QED) is 0.386. The predicted octanol–water partition coefficient (Wildman–Crippen LogP) is 1.67. The first-order chi connectivity index (χ1) is 8.02. The van der Waals surface area contributed by atoms with Crippen molar-refractivity contribution in [3.8, 4) is 0 Å². The van der Waals surface area contributed by atoms with E-state index in [9.17, 15) is 4.79 Å². The van der Waals surface area contributed by atoms with Crippen molar-refractivity contribution >= 4 is 23.3 Å². The number of hydrogen-bond donors (Lipinski definition) is 1. The average molecular weight is 257 g/mol. The summed E-state index contributed by atoms with van der Waals surface area (Å²) in [6, 6.07) is 0. The number of alkyl halides is 1. The Hall–Kier alpha value is -1.69. The largest absolute Gasteiger partial charge is 0.417 e. The van der Waals surface area contributed by atoms with Crippen LogP contribution in [0, 0.1) is 6.92 Å². The maximum atomic E-state index is 11.7. The Morgan fingerprint density at radius 1 is 1.59 bits per heavy atom. The molecule has 0 radical (unpaired) electrons. The molecule has 0 aliphatic rings. The number of halogens is 1. The van der Waals surface area contributed by atoms with Crippen LogP contribution >= 0.6 is 11.6 Å². The molecule has 1 N–H and O–H groups in total. The smallest absolute Gasteiger partial charge is 0.314 e. The van der Waals surface area contributed by atoms with Gasteiger partial charge >= 0.3 is 11.8 Å². The van der Waals surface area contributed by atoms with Gasteiger partial charge in [0.05, 0.1) is 0 Å². The lowest BCUT2D eigenvalue weighted by Gasteiger charge is -2.03. The van der Waals surface area contributed by atoms with E-state index in [1.54, 1.807) is 32.9 Å². The minimum atomic E-state index is -0.514. The van der Waals surface area contributed by atoms with Crippen molar-refractivity contribution in [1.82, 2.24) is 15.5 Å². The Morgan fingerprint density at radius 2 is 2.29 bits per heavy atom. The second-order valence-electron chi connectivity index (χ2n) is 3.17. The first kappa shape index (κ1) is 13.4. The summed E-state index contributed by atoms with van der Waals surface area (Å²) in [7, 11) is 0. The van der Waals surface area contributed by atoms with Crippen LogP contribution in [0.25, 0.3) is 0 Å². The number of nitrogens with zero attached hydrogens (tertiary/aromatic N) is 3. The topological polar surface area (TPSA) is 80.4 Å². The Balaban J connectivity index is 2.78. The molecular formula is C10H13ClN4O2. The third-order valence-electron chi connectivity index (χ3n) is 1.60. The zero-order chi connectivity index (χ0) is 12.8. The summed E-state index contributed by atoms with van der Waals surface area (Å²) >= 11 is 5.72. The molecule has 0 saturated heterocycles. The Bertz CT molecular complexity index is 451. The third-order valence-corrected chi connectivity index (χ3v) is 1.70. The zero-order valence-electron chi connectivity index (χ0n) is 9.77. The fourth-order valence-corrected chi connectivity index (χ4v) is 1.13. The lowest BCUT2D eigenvalue weighted by molar-refractivity contribution is 0.0942. The van der Waals surface area contributed by atoms with Crippen LogP contribution in [-0.2, 0) is 0 Å². The highest BCUT2D eigenvalue weighted by atomic mass is 35.5. The molecular weight excluding hydrogens is 244 g/mol. The van der Waals surface area contributed by atoms with Crippen molar-refractivity contribution in [1.29, 1.82) is 0 Å². The number of carbonyl (C=O) groups is 1. The molecule has 1 aromatic rings. The van der Waals surface area contributed by atoms with E-state index in [1.807, 2.05) is 0 Å². The van der Waals surface area contributed by atoms with E-state index >= 15 is 0 Å². The first-order valence-electron chi connectivity index (χ1n) is 4.99. The molecule has 7 heteroatoms. The van der Waals surface area contributed by atoms with Gasteiger partial charge in [-0.15, -0.1) is 10.2 Å². The van der Waals surface area contributed by atoms with Crippen molar-refractivity contribution < 1.29 is 9.21 Å². The minimum Gasteiger partial charge on any atom is -0.417 e. The third kappa shape index (κ3) is 4.36. The fraction of sp³-hybridized carbons (Fsp3) is 0.400. The molecule has 1 amide bonds. The molecule has 1 aromatic heterocycles. The van der Waals surface area contributed by atoms with Gasteiger partial charge in [0.2, 0.25) is 5.89 Å². The van der Waals surface area contributed by atoms with E-state index in [0.717, 1.165) is 0 Å². The van der Waals surface area contributed by atoms with E-state index in [1.165, 1.54) is 0 Å². The molecule has 92 valence electrons. The van der Waals surface area contributed by atoms with Crippen molar-refractivity contribution in [3.05, 3.63) is 23.9 Å². The van der Waals surface area contributed by atoms with E-state index in [4.69, 9.17) is 16.0 Å². The summed E-state index contributed by atoms with van der Waals surface area (Å²) in [5.74, 6) is 0.0444. The van der Waals surface area contributed by atoms with Gasteiger partial charge in [-0.3, -0.25) is 4.79 Å². The summed E-state index contributed by atoms with van der Waals surface area (Å²) < 4.78 is 4.98. The SMILES string of the molecule is C/C=C\C(=N/C(C)Cl)NC(=O)c1nnc(C)o1. The number of carbonyl (C=O) groups excluding carboxylic acids is 1. The lowest BCUT2D eigenvalue weighted by Crippen LogP contribution is -2.30. The van der Waals surface area contributed by atoms with Crippen LogP contribution < -0.4 is 5.32 Å². The van der Waals surface area contributed by atoms with Crippen LogP contribution in [0.1, 0.15) is 30.4 Å². The number of nitrogens with one attached hydrogen (secondary N) is 1. The van der Waals surface area contributed by atoms with Gasteiger partial charge < -0.3 is 9.73 Å². The van der Waals surface area contributed by atoms with E-state index in [-0.39, 0.29) is 5.89 Å². The van der Waals surface area contributed by atoms with Crippen LogP contribution in [0.4, 0.5) is 0 Å². The molecule has 17 heavy (non-hydrogen) atoms. The number of allylic oxidation sites excluding steroid dienone is 1. The van der Waals surface area contributed by atoms with Gasteiger partial charge in [-0.25, -0.2) is 4.99 Å². The summed E-state index contributed by atoms with van der Waals surface area (Å²) in [6.45, 7) is 5.09. The molecule has 0 aliphatic carbocycles. The highest BCUT2D eigenvalue weighted by molar-refractivity contribution is 6.21. The molecule has 1 rings (SSSR count). The molecule has 0 aromatic carbocycles. The molecule has 1 heterocycles. The highest BCUT2D eigenvalue weighted by Gasteiger charge is 2.14. The monoisotopic (exact) mass is 256 g/mol. The number of aryl methyl sites for hydroxylation is 1. The summed E-state index contributed by atoms with van der Waals surface area (Å²) in [6.07, 6.45) is 3.36. The summed E-state index contributed by atoms with van der Waals surface area (Å²) in [5, 5.41) is 9.68. The number of aliphatic imine (C=N–C) groups is 1. The molecule has 0 bridgehead atoms. The van der Waals surface area contributed by atoms with Crippen LogP contribution in [0.3, 0.4) is 0 Å². The molecule has 1 unspecified atom stereocenters. The van der Waals surface area contributed by atoms with Crippen molar-refractivity contribution in [2.45, 2.75) is 26.3 Å². The predicted molar refractivity (Wildman–Crippen MR) is 64.1 cm³/mol. The van der Waals surface area contributed by atoms with Crippen LogP contribution in [0.15, 0.2) is 21.6 Å². The van der Waals surface area contributed by atoms with Gasteiger partial charge in [0.25, 0.3) is 0 Å². The van der Waals surface area contributed by atoms with E-state index in [2.05, 4.69) is 20.5 Å². The number of rotatable bonds is 3. The van der Waals surface area contributed by atoms with Crippen molar-refractivity contribution in [3.63, 3.8) is 0 Å². The van der Waals surface area contributed by atoms with E-state index < -0.39 is 11.4 Å². The first-order valence-corrected chi connectivity index (χ1v) is 5.42. The highest BCUT2D eigenvalue weighted by Crippen LogP contribution is 1.99. The fourth-order valence-electron chi connectivity index (χ4n) is 1.02. The maximum absolute atomic E-state index is 11.7. The zero-order valence-corrected chi connectivity index (χ0v) is 10.5. The second kappa shape index (κ2) is 6.15. The van der Waals surface area contributed by atoms with Crippen molar-refractivity contribution in [2.24, 2.45) is 4.99 Å². The van der Waals surface area contributed by atoms with Crippen LogP contribution in [-0.4, -0.2) is 27.4 Å². The molecule has 6 nitrogen and oxygen atoms in total. The number of amides is 1. The molecule has 0 saturated carbocycles. The molecule has 0 spiro atoms. The van der Waals surface area contributed by atoms with Gasteiger partial charge in [-0.1, -0.05) is 17.7 Å². The van der Waals surface area contributed by atoms with Gasteiger partial charge in [-0.2, -0.15) is 0 Å². The number of hydrogen-bond acceptors (Lipinski definition) is 5. The maximum Gasteiger partial charge on any atom is 0.314 e. The van der Waals surface area contributed by atoms with Gasteiger partial charge in [-0.05, 0) is 19.9 Å².